The third-order valence-electron chi connectivity index (χ3n) is 3.20. The molecule has 116 valence electrons. The van der Waals surface area contributed by atoms with Crippen LogP contribution in [0.15, 0.2) is 29.2 Å². The van der Waals surface area contributed by atoms with Gasteiger partial charge >= 0.3 is 0 Å². The fourth-order valence-corrected chi connectivity index (χ4v) is 3.98. The smallest absolute Gasteiger partial charge is 0.243 e. The zero-order chi connectivity index (χ0) is 15.6. The van der Waals surface area contributed by atoms with Crippen LogP contribution in [0.1, 0.15) is 20.8 Å². The van der Waals surface area contributed by atoms with E-state index < -0.39 is 10.0 Å². The summed E-state index contributed by atoms with van der Waals surface area (Å²) in [5, 5.41) is 2.61. The zero-order valence-electron chi connectivity index (χ0n) is 12.4. The number of carbonyl (C=O) groups excluding carboxylic acids is 1. The maximum Gasteiger partial charge on any atom is 0.243 e. The summed E-state index contributed by atoms with van der Waals surface area (Å²) >= 11 is 0. The molecular weight excluding hydrogens is 292 g/mol. The first kappa shape index (κ1) is 15.9. The number of anilines is 1. The minimum absolute atomic E-state index is 0.123. The van der Waals surface area contributed by atoms with E-state index in [-0.39, 0.29) is 23.0 Å². The van der Waals surface area contributed by atoms with Gasteiger partial charge in [0.15, 0.2) is 0 Å². The van der Waals surface area contributed by atoms with Crippen molar-refractivity contribution < 1.29 is 17.9 Å². The minimum atomic E-state index is -3.53. The molecule has 1 aliphatic heterocycles. The van der Waals surface area contributed by atoms with Crippen molar-refractivity contribution in [2.45, 2.75) is 37.9 Å². The van der Waals surface area contributed by atoms with Crippen LogP contribution in [0, 0.1) is 0 Å². The first-order valence-electron chi connectivity index (χ1n) is 6.82. The highest BCUT2D eigenvalue weighted by Gasteiger charge is 2.32. The Morgan fingerprint density at radius 3 is 2.19 bits per heavy atom. The van der Waals surface area contributed by atoms with Crippen LogP contribution in [-0.2, 0) is 19.6 Å². The summed E-state index contributed by atoms with van der Waals surface area (Å²) in [6.45, 7) is 5.82. The molecule has 2 atom stereocenters. The van der Waals surface area contributed by atoms with Crippen LogP contribution in [0.4, 0.5) is 5.69 Å². The van der Waals surface area contributed by atoms with Crippen LogP contribution in [0.3, 0.4) is 0 Å². The Morgan fingerprint density at radius 1 is 1.19 bits per heavy atom. The molecule has 1 aromatic carbocycles. The highest BCUT2D eigenvalue weighted by atomic mass is 32.2. The molecule has 0 aliphatic carbocycles. The molecule has 0 bridgehead atoms. The quantitative estimate of drug-likeness (QED) is 0.916. The molecule has 0 radical (unpaired) electrons. The number of ether oxygens (including phenoxy) is 1. The molecule has 1 aliphatic rings. The summed E-state index contributed by atoms with van der Waals surface area (Å²) in [6, 6.07) is 6.18. The lowest BCUT2D eigenvalue weighted by Gasteiger charge is -2.34. The number of rotatable bonds is 3. The van der Waals surface area contributed by atoms with Gasteiger partial charge in [-0.1, -0.05) is 0 Å². The molecule has 1 amide bonds. The summed E-state index contributed by atoms with van der Waals surface area (Å²) in [5.41, 5.74) is 0.574. The Bertz CT molecular complexity index is 602. The first-order chi connectivity index (χ1) is 9.79. The molecule has 1 fully saturated rings. The Labute approximate surface area is 125 Å². The second kappa shape index (κ2) is 6.13. The van der Waals surface area contributed by atoms with Crippen molar-refractivity contribution in [3.63, 3.8) is 0 Å². The third-order valence-corrected chi connectivity index (χ3v) is 5.04. The molecule has 1 aromatic rings. The second-order valence-corrected chi connectivity index (χ2v) is 7.22. The van der Waals surface area contributed by atoms with Crippen molar-refractivity contribution in [1.82, 2.24) is 4.31 Å². The van der Waals surface area contributed by atoms with Crippen molar-refractivity contribution in [3.05, 3.63) is 24.3 Å². The number of nitrogens with zero attached hydrogens (tertiary/aromatic N) is 1. The van der Waals surface area contributed by atoms with Gasteiger partial charge < -0.3 is 10.1 Å². The monoisotopic (exact) mass is 312 g/mol. The Balaban J connectivity index is 2.21. The fraction of sp³-hybridized carbons (Fsp3) is 0.500. The van der Waals surface area contributed by atoms with Gasteiger partial charge in [0, 0.05) is 25.7 Å². The van der Waals surface area contributed by atoms with Crippen LogP contribution >= 0.6 is 0 Å². The Morgan fingerprint density at radius 2 is 1.71 bits per heavy atom. The third kappa shape index (κ3) is 3.81. The zero-order valence-corrected chi connectivity index (χ0v) is 13.2. The highest BCUT2D eigenvalue weighted by Crippen LogP contribution is 2.22. The van der Waals surface area contributed by atoms with Crippen molar-refractivity contribution in [2.24, 2.45) is 0 Å². The van der Waals surface area contributed by atoms with E-state index >= 15 is 0 Å². The predicted octanol–water partition coefficient (Wildman–Crippen LogP) is 1.44. The topological polar surface area (TPSA) is 75.7 Å². The second-order valence-electron chi connectivity index (χ2n) is 5.28. The van der Waals surface area contributed by atoms with Crippen LogP contribution in [-0.4, -0.2) is 43.9 Å². The average Bonchev–Trinajstić information content (AvgIpc) is 2.37. The summed E-state index contributed by atoms with van der Waals surface area (Å²) in [4.78, 5) is 11.2. The van der Waals surface area contributed by atoms with Gasteiger partial charge in [-0.3, -0.25) is 4.79 Å². The van der Waals surface area contributed by atoms with Gasteiger partial charge in [-0.15, -0.1) is 0 Å². The number of benzene rings is 1. The van der Waals surface area contributed by atoms with Crippen molar-refractivity contribution in [2.75, 3.05) is 18.4 Å². The van der Waals surface area contributed by atoms with Gasteiger partial charge in [0.05, 0.1) is 17.1 Å². The lowest BCUT2D eigenvalue weighted by atomic mass is 10.3. The maximum atomic E-state index is 12.6. The fourth-order valence-electron chi connectivity index (χ4n) is 2.39. The molecule has 6 nitrogen and oxygen atoms in total. The van der Waals surface area contributed by atoms with Crippen LogP contribution in [0.2, 0.25) is 0 Å². The molecule has 0 spiro atoms. The van der Waals surface area contributed by atoms with Crippen molar-refractivity contribution >= 4 is 21.6 Å². The molecule has 1 heterocycles. The normalized spacial score (nSPS) is 23.8. The molecular formula is C14H20N2O4S. The van der Waals surface area contributed by atoms with Gasteiger partial charge in [0.2, 0.25) is 15.9 Å². The van der Waals surface area contributed by atoms with Crippen LogP contribution < -0.4 is 5.32 Å². The molecule has 0 aromatic heterocycles. The SMILES string of the molecule is CC(=O)Nc1ccc(S(=O)(=O)N2C[C@@H](C)O[C@H](C)C2)cc1. The molecule has 1 saturated heterocycles. The summed E-state index contributed by atoms with van der Waals surface area (Å²) in [7, 11) is -3.53. The molecule has 21 heavy (non-hydrogen) atoms. The van der Waals surface area contributed by atoms with Gasteiger partial charge in [-0.2, -0.15) is 4.31 Å². The Hall–Kier alpha value is -1.44. The minimum Gasteiger partial charge on any atom is -0.373 e. The van der Waals surface area contributed by atoms with Gasteiger partial charge in [0.25, 0.3) is 0 Å². The maximum absolute atomic E-state index is 12.6. The van der Waals surface area contributed by atoms with Gasteiger partial charge in [-0.25, -0.2) is 8.42 Å². The molecule has 0 unspecified atom stereocenters. The largest absolute Gasteiger partial charge is 0.373 e. The summed E-state index contributed by atoms with van der Waals surface area (Å²) in [5.74, 6) is -0.193. The van der Waals surface area contributed by atoms with Gasteiger partial charge in [0.1, 0.15) is 0 Å². The van der Waals surface area contributed by atoms with Crippen molar-refractivity contribution in [3.8, 4) is 0 Å². The van der Waals surface area contributed by atoms with E-state index in [9.17, 15) is 13.2 Å². The number of sulfonamides is 1. The predicted molar refractivity (Wildman–Crippen MR) is 79.5 cm³/mol. The van der Waals surface area contributed by atoms with E-state index in [0.29, 0.717) is 18.8 Å². The lowest BCUT2D eigenvalue weighted by Crippen LogP contribution is -2.48. The number of carbonyl (C=O) groups is 1. The number of nitrogens with one attached hydrogen (secondary N) is 1. The van der Waals surface area contributed by atoms with Crippen molar-refractivity contribution in [1.29, 1.82) is 0 Å². The Kier molecular flexibility index (Phi) is 4.65. The van der Waals surface area contributed by atoms with E-state index in [1.165, 1.54) is 23.4 Å². The number of morpholine rings is 1. The number of hydrogen-bond acceptors (Lipinski definition) is 4. The van der Waals surface area contributed by atoms with Crippen LogP contribution in [0.5, 0.6) is 0 Å². The van der Waals surface area contributed by atoms with E-state index in [0.717, 1.165) is 0 Å². The van der Waals surface area contributed by atoms with E-state index in [4.69, 9.17) is 4.74 Å². The standard InChI is InChI=1S/C14H20N2O4S/c1-10-8-16(9-11(2)20-10)21(18,19)14-6-4-13(5-7-14)15-12(3)17/h4-7,10-11H,8-9H2,1-3H3,(H,15,17)/t10-,11-/m1/s1. The first-order valence-corrected chi connectivity index (χ1v) is 8.26. The van der Waals surface area contributed by atoms with Gasteiger partial charge in [-0.05, 0) is 38.1 Å². The molecule has 7 heteroatoms. The average molecular weight is 312 g/mol. The van der Waals surface area contributed by atoms with E-state index in [1.54, 1.807) is 12.1 Å². The molecule has 1 N–H and O–H groups in total. The number of hydrogen-bond donors (Lipinski definition) is 1. The lowest BCUT2D eigenvalue weighted by molar-refractivity contribution is -0.114. The van der Waals surface area contributed by atoms with E-state index in [1.807, 2.05) is 13.8 Å². The number of amides is 1. The summed E-state index contributed by atoms with van der Waals surface area (Å²) < 4.78 is 32.2. The molecule has 2 rings (SSSR count). The van der Waals surface area contributed by atoms with E-state index in [2.05, 4.69) is 5.32 Å². The highest BCUT2D eigenvalue weighted by molar-refractivity contribution is 7.89. The molecule has 0 saturated carbocycles. The summed E-state index contributed by atoms with van der Waals surface area (Å²) in [6.07, 6.45) is -0.246. The van der Waals surface area contributed by atoms with Crippen LogP contribution in [0.25, 0.3) is 0 Å².